The van der Waals surface area contributed by atoms with Gasteiger partial charge >= 0.3 is 0 Å². The van der Waals surface area contributed by atoms with Gasteiger partial charge < -0.3 is 20.3 Å². The lowest BCUT2D eigenvalue weighted by atomic mass is 9.74. The fraction of sp³-hybridized carbons (Fsp3) is 0.792. The number of hydrogen-bond acceptors (Lipinski definition) is 4. The minimum Gasteiger partial charge on any atom is -0.359 e. The molecule has 2 N–H and O–H groups in total. The minimum absolute atomic E-state index is 0.0651. The van der Waals surface area contributed by atoms with E-state index in [1.54, 1.807) is 4.90 Å². The standard InChI is InChI=1S/C24H33N3O4/c28-21(25-14-6-2-1-3-7-14)18-17-12-13-24(31-17)19(18)23(30)27(16-10-11-16)20(24)22(29)26-15-8-4-5-9-15/h12-20H,1-11H2,(H,25,28)(H,26,29)/t17-,18+,19-,20+,24-/m0/s1. The van der Waals surface area contributed by atoms with Crippen molar-refractivity contribution in [3.05, 3.63) is 12.2 Å². The zero-order valence-electron chi connectivity index (χ0n) is 18.1. The molecule has 168 valence electrons. The van der Waals surface area contributed by atoms with Crippen molar-refractivity contribution in [1.82, 2.24) is 15.5 Å². The van der Waals surface area contributed by atoms with E-state index in [4.69, 9.17) is 4.74 Å². The van der Waals surface area contributed by atoms with Crippen LogP contribution in [0, 0.1) is 11.8 Å². The number of hydrogen-bond donors (Lipinski definition) is 2. The molecule has 0 unspecified atom stereocenters. The number of likely N-dealkylation sites (tertiary alicyclic amines) is 1. The van der Waals surface area contributed by atoms with Gasteiger partial charge in [-0.1, -0.05) is 44.3 Å². The van der Waals surface area contributed by atoms with E-state index in [9.17, 15) is 14.4 Å². The number of ether oxygens (including phenoxy) is 1. The van der Waals surface area contributed by atoms with Gasteiger partial charge in [0.15, 0.2) is 0 Å². The summed E-state index contributed by atoms with van der Waals surface area (Å²) in [6.45, 7) is 0. The molecule has 1 spiro atoms. The maximum atomic E-state index is 13.7. The van der Waals surface area contributed by atoms with Crippen molar-refractivity contribution in [2.24, 2.45) is 11.8 Å². The van der Waals surface area contributed by atoms with Crippen LogP contribution in [0.2, 0.25) is 0 Å². The molecular weight excluding hydrogens is 394 g/mol. The molecule has 6 aliphatic rings. The van der Waals surface area contributed by atoms with E-state index in [1.807, 2.05) is 12.2 Å². The first-order valence-electron chi connectivity index (χ1n) is 12.4. The van der Waals surface area contributed by atoms with Crippen LogP contribution >= 0.6 is 0 Å². The number of nitrogens with one attached hydrogen (secondary N) is 2. The summed E-state index contributed by atoms with van der Waals surface area (Å²) in [6.07, 6.45) is 15.1. The molecule has 3 aliphatic heterocycles. The Morgan fingerprint density at radius 3 is 2.16 bits per heavy atom. The van der Waals surface area contributed by atoms with Crippen LogP contribution in [-0.2, 0) is 19.1 Å². The van der Waals surface area contributed by atoms with Crippen LogP contribution in [0.25, 0.3) is 0 Å². The number of nitrogens with zero attached hydrogens (tertiary/aromatic N) is 1. The Bertz CT molecular complexity index is 812. The van der Waals surface area contributed by atoms with E-state index < -0.39 is 29.6 Å². The van der Waals surface area contributed by atoms with Gasteiger partial charge in [-0.15, -0.1) is 0 Å². The number of fused-ring (bicyclic) bond motifs is 1. The van der Waals surface area contributed by atoms with Gasteiger partial charge in [0, 0.05) is 18.1 Å². The lowest BCUT2D eigenvalue weighted by molar-refractivity contribution is -0.142. The van der Waals surface area contributed by atoms with Crippen molar-refractivity contribution >= 4 is 17.7 Å². The van der Waals surface area contributed by atoms with Gasteiger partial charge in [-0.25, -0.2) is 0 Å². The first kappa shape index (κ1) is 19.8. The summed E-state index contributed by atoms with van der Waals surface area (Å²) >= 11 is 0. The second-order valence-electron chi connectivity index (χ2n) is 10.5. The molecule has 3 aliphatic carbocycles. The van der Waals surface area contributed by atoms with Crippen LogP contribution in [-0.4, -0.2) is 58.5 Å². The first-order chi connectivity index (χ1) is 15.1. The van der Waals surface area contributed by atoms with Gasteiger partial charge in [0.05, 0.1) is 17.9 Å². The second kappa shape index (κ2) is 7.32. The molecule has 2 bridgehead atoms. The van der Waals surface area contributed by atoms with E-state index in [0.29, 0.717) is 0 Å². The van der Waals surface area contributed by atoms with E-state index >= 15 is 0 Å². The lowest BCUT2D eigenvalue weighted by Gasteiger charge is -2.33. The van der Waals surface area contributed by atoms with Crippen molar-refractivity contribution in [2.75, 3.05) is 0 Å². The number of carbonyl (C=O) groups is 3. The Labute approximate surface area is 183 Å². The Kier molecular flexibility index (Phi) is 4.67. The molecule has 5 atom stereocenters. The number of rotatable bonds is 5. The van der Waals surface area contributed by atoms with Crippen LogP contribution < -0.4 is 10.6 Å². The number of carbonyl (C=O) groups excluding carboxylic acids is 3. The lowest BCUT2D eigenvalue weighted by Crippen LogP contribution is -2.56. The molecule has 0 aromatic carbocycles. The zero-order valence-corrected chi connectivity index (χ0v) is 18.1. The van der Waals surface area contributed by atoms with Crippen LogP contribution in [0.15, 0.2) is 12.2 Å². The van der Waals surface area contributed by atoms with E-state index in [1.165, 1.54) is 6.42 Å². The van der Waals surface area contributed by atoms with E-state index in [-0.39, 0.29) is 35.8 Å². The van der Waals surface area contributed by atoms with Crippen LogP contribution in [0.3, 0.4) is 0 Å². The van der Waals surface area contributed by atoms with Gasteiger partial charge in [-0.3, -0.25) is 14.4 Å². The average molecular weight is 428 g/mol. The summed E-state index contributed by atoms with van der Waals surface area (Å²) < 4.78 is 6.39. The summed E-state index contributed by atoms with van der Waals surface area (Å²) in [6, 6.07) is -0.179. The van der Waals surface area contributed by atoms with Crippen molar-refractivity contribution in [3.63, 3.8) is 0 Å². The third-order valence-corrected chi connectivity index (χ3v) is 8.46. The minimum atomic E-state index is -0.998. The van der Waals surface area contributed by atoms with Gasteiger partial charge in [-0.05, 0) is 38.5 Å². The summed E-state index contributed by atoms with van der Waals surface area (Å²) in [7, 11) is 0. The van der Waals surface area contributed by atoms with Gasteiger partial charge in [0.25, 0.3) is 0 Å². The summed E-state index contributed by atoms with van der Waals surface area (Å²) in [5.41, 5.74) is -0.998. The average Bonchev–Trinajstić information content (AvgIpc) is 3.11. The molecule has 6 rings (SSSR count). The Morgan fingerprint density at radius 2 is 1.52 bits per heavy atom. The fourth-order valence-electron chi connectivity index (χ4n) is 6.85. The quantitative estimate of drug-likeness (QED) is 0.655. The zero-order chi connectivity index (χ0) is 21.2. The number of amides is 3. The predicted octanol–water partition coefficient (Wildman–Crippen LogP) is 1.81. The molecular formula is C24H33N3O4. The Balaban J connectivity index is 1.28. The largest absolute Gasteiger partial charge is 0.359 e. The second-order valence-corrected chi connectivity index (χ2v) is 10.5. The molecule has 7 heteroatoms. The molecule has 2 saturated heterocycles. The van der Waals surface area contributed by atoms with Crippen molar-refractivity contribution in [3.8, 4) is 0 Å². The van der Waals surface area contributed by atoms with Crippen molar-refractivity contribution in [1.29, 1.82) is 0 Å². The highest BCUT2D eigenvalue weighted by Gasteiger charge is 2.74. The highest BCUT2D eigenvalue weighted by atomic mass is 16.5. The molecule has 3 heterocycles. The monoisotopic (exact) mass is 427 g/mol. The van der Waals surface area contributed by atoms with Crippen molar-refractivity contribution in [2.45, 2.75) is 107 Å². The van der Waals surface area contributed by atoms with E-state index in [2.05, 4.69) is 10.6 Å². The van der Waals surface area contributed by atoms with Crippen molar-refractivity contribution < 1.29 is 19.1 Å². The van der Waals surface area contributed by atoms with Gasteiger partial charge in [0.1, 0.15) is 11.6 Å². The predicted molar refractivity (Wildman–Crippen MR) is 113 cm³/mol. The molecule has 3 amide bonds. The highest BCUT2D eigenvalue weighted by molar-refractivity contribution is 6.00. The Morgan fingerprint density at radius 1 is 0.903 bits per heavy atom. The first-order valence-corrected chi connectivity index (χ1v) is 12.4. The van der Waals surface area contributed by atoms with Gasteiger partial charge in [0.2, 0.25) is 17.7 Å². The smallest absolute Gasteiger partial charge is 0.246 e. The SMILES string of the molecule is O=C(NC1CCCCC1)[C@@H]1[C@@H]2C=C[C@]3(O2)[C@@H]1C(=O)N(C1CC1)[C@@H]3C(=O)NC1CCCC1. The maximum absolute atomic E-state index is 13.7. The summed E-state index contributed by atoms with van der Waals surface area (Å²) in [5, 5.41) is 6.42. The van der Waals surface area contributed by atoms with Crippen LogP contribution in [0.4, 0.5) is 0 Å². The molecule has 31 heavy (non-hydrogen) atoms. The third kappa shape index (κ3) is 3.06. The topological polar surface area (TPSA) is 87.7 Å². The third-order valence-electron chi connectivity index (χ3n) is 8.46. The molecule has 7 nitrogen and oxygen atoms in total. The van der Waals surface area contributed by atoms with Gasteiger partial charge in [-0.2, -0.15) is 0 Å². The maximum Gasteiger partial charge on any atom is 0.246 e. The van der Waals surface area contributed by atoms with Crippen LogP contribution in [0.1, 0.15) is 70.6 Å². The van der Waals surface area contributed by atoms with Crippen LogP contribution in [0.5, 0.6) is 0 Å². The molecule has 5 fully saturated rings. The molecule has 0 aromatic rings. The molecule has 0 aromatic heterocycles. The Hall–Kier alpha value is -1.89. The molecule has 0 radical (unpaired) electrons. The fourth-order valence-corrected chi connectivity index (χ4v) is 6.85. The summed E-state index contributed by atoms with van der Waals surface area (Å²) in [5.74, 6) is -1.37. The normalized spacial score (nSPS) is 39.9. The molecule has 3 saturated carbocycles. The highest BCUT2D eigenvalue weighted by Crippen LogP contribution is 2.57. The summed E-state index contributed by atoms with van der Waals surface area (Å²) in [4.78, 5) is 42.3. The van der Waals surface area contributed by atoms with E-state index in [0.717, 1.165) is 64.2 Å².